The average Bonchev–Trinajstić information content (AvgIpc) is 3.41. The second kappa shape index (κ2) is 13.9. The van der Waals surface area contributed by atoms with Crippen LogP contribution in [0.15, 0.2) is 73.3 Å². The summed E-state index contributed by atoms with van der Waals surface area (Å²) in [5, 5.41) is 3.89. The highest BCUT2D eigenvalue weighted by atomic mass is 35.5. The summed E-state index contributed by atoms with van der Waals surface area (Å²) in [4.78, 5) is 41.1. The van der Waals surface area contributed by atoms with E-state index >= 15 is 0 Å². The molecule has 1 aliphatic heterocycles. The summed E-state index contributed by atoms with van der Waals surface area (Å²) < 4.78 is 8.00. The zero-order valence-corrected chi connectivity index (χ0v) is 27.5. The lowest BCUT2D eigenvalue weighted by atomic mass is 9.94. The van der Waals surface area contributed by atoms with E-state index in [1.54, 1.807) is 4.90 Å². The lowest BCUT2D eigenvalue weighted by molar-refractivity contribution is -0.124. The number of benzene rings is 2. The van der Waals surface area contributed by atoms with E-state index in [9.17, 15) is 9.59 Å². The van der Waals surface area contributed by atoms with Gasteiger partial charge >= 0.3 is 6.09 Å². The highest BCUT2D eigenvalue weighted by molar-refractivity contribution is 6.30. The van der Waals surface area contributed by atoms with Crippen LogP contribution in [0.1, 0.15) is 71.8 Å². The molecule has 244 valence electrons. The molecule has 2 aromatic heterocycles. The van der Waals surface area contributed by atoms with Crippen LogP contribution in [-0.4, -0.2) is 68.1 Å². The third-order valence-corrected chi connectivity index (χ3v) is 9.94. The summed E-state index contributed by atoms with van der Waals surface area (Å²) >= 11 is 6.49. The van der Waals surface area contributed by atoms with Crippen LogP contribution >= 0.6 is 11.6 Å². The minimum absolute atomic E-state index is 0.0573. The number of carbonyl (C=O) groups excluding carboxylic acids is 2. The molecule has 7 rings (SSSR count). The number of fused-ring (bicyclic) bond motifs is 2. The molecule has 2 aromatic carbocycles. The van der Waals surface area contributed by atoms with Crippen molar-refractivity contribution in [1.82, 2.24) is 24.3 Å². The van der Waals surface area contributed by atoms with E-state index < -0.39 is 6.04 Å². The van der Waals surface area contributed by atoms with Crippen molar-refractivity contribution >= 4 is 29.3 Å². The zero-order chi connectivity index (χ0) is 32.3. The van der Waals surface area contributed by atoms with Crippen LogP contribution in [0.25, 0.3) is 0 Å². The Morgan fingerprint density at radius 3 is 2.66 bits per heavy atom. The number of hydrogen-bond acceptors (Lipinski definition) is 6. The van der Waals surface area contributed by atoms with Gasteiger partial charge in [-0.15, -0.1) is 0 Å². The van der Waals surface area contributed by atoms with Crippen molar-refractivity contribution in [3.8, 4) is 0 Å². The van der Waals surface area contributed by atoms with Gasteiger partial charge in [-0.05, 0) is 98.0 Å². The minimum Gasteiger partial charge on any atom is -0.446 e. The topological polar surface area (TPSA) is 92.6 Å². The van der Waals surface area contributed by atoms with Crippen molar-refractivity contribution in [2.45, 2.75) is 76.6 Å². The molecule has 2 aliphatic carbocycles. The predicted molar refractivity (Wildman–Crippen MR) is 181 cm³/mol. The maximum Gasteiger partial charge on any atom is 0.410 e. The number of piperazine rings is 1. The maximum atomic E-state index is 14.4. The van der Waals surface area contributed by atoms with Gasteiger partial charge in [-0.2, -0.15) is 0 Å². The van der Waals surface area contributed by atoms with Crippen LogP contribution in [0.2, 0.25) is 5.02 Å². The Bertz CT molecular complexity index is 1750. The first kappa shape index (κ1) is 31.4. The smallest absolute Gasteiger partial charge is 0.410 e. The van der Waals surface area contributed by atoms with Crippen LogP contribution in [-0.2, 0) is 28.9 Å². The maximum absolute atomic E-state index is 14.4. The van der Waals surface area contributed by atoms with E-state index in [4.69, 9.17) is 21.3 Å². The van der Waals surface area contributed by atoms with Gasteiger partial charge in [0, 0.05) is 49.3 Å². The first-order valence-electron chi connectivity index (χ1n) is 16.7. The van der Waals surface area contributed by atoms with Gasteiger partial charge in [0.15, 0.2) is 0 Å². The Morgan fingerprint density at radius 2 is 1.83 bits per heavy atom. The average molecular weight is 653 g/mol. The van der Waals surface area contributed by atoms with Crippen molar-refractivity contribution in [2.24, 2.45) is 0 Å². The summed E-state index contributed by atoms with van der Waals surface area (Å²) in [5.41, 5.74) is 7.07. The number of hydrogen-bond donors (Lipinski definition) is 1. The molecular formula is C37H41ClN6O3. The molecular weight excluding hydrogens is 612 g/mol. The molecule has 1 saturated carbocycles. The SMILES string of the molecule is Cc1cn(Cc2cccc(NC(=O)[C@H]3CN(C(=O)OC4CCCCC4)CCN3[C@@H]3c4ccc(Cl)cc4CCc4cccnc43)c2)cn1. The molecule has 2 fully saturated rings. The fourth-order valence-corrected chi connectivity index (χ4v) is 7.56. The van der Waals surface area contributed by atoms with Gasteiger partial charge in [-0.25, -0.2) is 9.78 Å². The Kier molecular flexibility index (Phi) is 9.27. The highest BCUT2D eigenvalue weighted by Gasteiger charge is 2.42. The van der Waals surface area contributed by atoms with E-state index in [0.717, 1.165) is 72.2 Å². The van der Waals surface area contributed by atoms with Crippen molar-refractivity contribution in [2.75, 3.05) is 25.0 Å². The summed E-state index contributed by atoms with van der Waals surface area (Å²) in [5.74, 6) is -0.173. The number of amides is 2. The summed E-state index contributed by atoms with van der Waals surface area (Å²) in [6.07, 6.45) is 12.0. The van der Waals surface area contributed by atoms with Crippen LogP contribution in [0, 0.1) is 6.92 Å². The molecule has 0 radical (unpaired) electrons. The quantitative estimate of drug-likeness (QED) is 0.253. The number of ether oxygens (including phenoxy) is 1. The second-order valence-electron chi connectivity index (χ2n) is 13.0. The third-order valence-electron chi connectivity index (χ3n) is 9.70. The normalized spacial score (nSPS) is 20.2. The molecule has 2 atom stereocenters. The fourth-order valence-electron chi connectivity index (χ4n) is 7.37. The number of carbonyl (C=O) groups is 2. The lowest BCUT2D eigenvalue weighted by Crippen LogP contribution is -2.60. The standard InChI is InChI=1S/C37H41ClN6O3/c1-25-21-42(24-40-25)22-26-7-5-9-30(19-26)41-36(45)33-23-43(37(46)47-31-10-3-2-4-11-31)17-18-44(33)35-32-15-14-29(38)20-28(32)13-12-27-8-6-16-39-34(27)35/h5-9,14-16,19-21,24,31,33,35H,2-4,10-13,17-18,22-23H2,1H3,(H,41,45)/t33-,35-/m1/s1. The monoisotopic (exact) mass is 652 g/mol. The Hall–Kier alpha value is -4.21. The number of halogens is 1. The molecule has 3 heterocycles. The van der Waals surface area contributed by atoms with E-state index in [1.807, 2.05) is 72.7 Å². The molecule has 1 saturated heterocycles. The Balaban J connectivity index is 1.20. The number of imidazole rings is 1. The first-order chi connectivity index (χ1) is 22.9. The molecule has 0 bridgehead atoms. The van der Waals surface area contributed by atoms with Gasteiger partial charge in [0.25, 0.3) is 0 Å². The second-order valence-corrected chi connectivity index (χ2v) is 13.5. The van der Waals surface area contributed by atoms with Gasteiger partial charge in [0.2, 0.25) is 5.91 Å². The van der Waals surface area contributed by atoms with Crippen molar-refractivity contribution in [1.29, 1.82) is 0 Å². The van der Waals surface area contributed by atoms with Gasteiger partial charge in [-0.1, -0.05) is 42.3 Å². The summed E-state index contributed by atoms with van der Waals surface area (Å²) in [6.45, 7) is 3.77. The van der Waals surface area contributed by atoms with Crippen molar-refractivity contribution < 1.29 is 14.3 Å². The molecule has 0 unspecified atom stereocenters. The molecule has 4 aromatic rings. The van der Waals surface area contributed by atoms with Crippen molar-refractivity contribution in [3.05, 3.63) is 112 Å². The van der Waals surface area contributed by atoms with Gasteiger partial charge in [0.05, 0.1) is 23.8 Å². The van der Waals surface area contributed by atoms with Crippen LogP contribution < -0.4 is 5.32 Å². The first-order valence-corrected chi connectivity index (χ1v) is 17.1. The molecule has 0 spiro atoms. The number of anilines is 1. The highest BCUT2D eigenvalue weighted by Crippen LogP contribution is 2.39. The van der Waals surface area contributed by atoms with E-state index in [-0.39, 0.29) is 30.7 Å². The number of rotatable bonds is 6. The van der Waals surface area contributed by atoms with E-state index in [0.29, 0.717) is 30.3 Å². The van der Waals surface area contributed by atoms with Crippen molar-refractivity contribution in [3.63, 3.8) is 0 Å². The molecule has 3 aliphatic rings. The van der Waals surface area contributed by atoms with E-state index in [2.05, 4.69) is 27.3 Å². The number of aromatic nitrogens is 3. The molecule has 2 amide bonds. The van der Waals surface area contributed by atoms with E-state index in [1.165, 1.54) is 6.42 Å². The third kappa shape index (κ3) is 7.06. The lowest BCUT2D eigenvalue weighted by Gasteiger charge is -2.44. The molecule has 47 heavy (non-hydrogen) atoms. The van der Waals surface area contributed by atoms with Crippen LogP contribution in [0.5, 0.6) is 0 Å². The van der Waals surface area contributed by atoms with Gasteiger partial charge in [-0.3, -0.25) is 14.7 Å². The summed E-state index contributed by atoms with van der Waals surface area (Å²) in [7, 11) is 0. The predicted octanol–water partition coefficient (Wildman–Crippen LogP) is 6.57. The zero-order valence-electron chi connectivity index (χ0n) is 26.8. The minimum atomic E-state index is -0.649. The van der Waals surface area contributed by atoms with Gasteiger partial charge < -0.3 is 19.5 Å². The molecule has 1 N–H and O–H groups in total. The number of nitrogens with one attached hydrogen (secondary N) is 1. The van der Waals surface area contributed by atoms with Gasteiger partial charge in [0.1, 0.15) is 12.1 Å². The Labute approximate surface area is 280 Å². The largest absolute Gasteiger partial charge is 0.446 e. The summed E-state index contributed by atoms with van der Waals surface area (Å²) in [6, 6.07) is 17.1. The molecule has 9 nitrogen and oxygen atoms in total. The Morgan fingerprint density at radius 1 is 0.979 bits per heavy atom. The molecule has 10 heteroatoms. The number of nitrogens with zero attached hydrogens (tertiary/aromatic N) is 5. The van der Waals surface area contributed by atoms with Crippen LogP contribution in [0.4, 0.5) is 10.5 Å². The van der Waals surface area contributed by atoms with Crippen LogP contribution in [0.3, 0.4) is 0 Å². The number of pyridine rings is 1. The number of aryl methyl sites for hydroxylation is 3. The fraction of sp³-hybridized carbons (Fsp3) is 0.405.